The van der Waals surface area contributed by atoms with Crippen LogP contribution in [-0.4, -0.2) is 45.7 Å². The summed E-state index contributed by atoms with van der Waals surface area (Å²) in [7, 11) is 0. The second-order valence-electron chi connectivity index (χ2n) is 4.68. The zero-order valence-corrected chi connectivity index (χ0v) is 11.2. The molecular formula is C13H18N4O3. The molecule has 1 aliphatic heterocycles. The highest BCUT2D eigenvalue weighted by molar-refractivity contribution is 6.02. The molecule has 0 saturated carbocycles. The number of aromatic nitrogens is 2. The van der Waals surface area contributed by atoms with Crippen LogP contribution in [0.5, 0.6) is 0 Å². The lowest BCUT2D eigenvalue weighted by Gasteiger charge is -2.13. The lowest BCUT2D eigenvalue weighted by Crippen LogP contribution is -2.34. The zero-order chi connectivity index (χ0) is 14.4. The Hall–Kier alpha value is -2.18. The number of carbonyl (C=O) groups excluding carboxylic acids is 3. The lowest BCUT2D eigenvalue weighted by atomic mass is 10.3. The minimum Gasteiger partial charge on any atom is -0.356 e. The fourth-order valence-corrected chi connectivity index (χ4v) is 2.09. The molecule has 0 bridgehead atoms. The van der Waals surface area contributed by atoms with Gasteiger partial charge in [-0.25, -0.2) is 4.98 Å². The molecule has 20 heavy (non-hydrogen) atoms. The predicted octanol–water partition coefficient (Wildman–Crippen LogP) is -0.00240. The van der Waals surface area contributed by atoms with Crippen LogP contribution in [0.15, 0.2) is 12.4 Å². The van der Waals surface area contributed by atoms with Crippen molar-refractivity contribution in [3.8, 4) is 0 Å². The van der Waals surface area contributed by atoms with E-state index in [1.54, 1.807) is 12.4 Å². The standard InChI is InChI=1S/C13H18N4O3/c18-11(5-9-17-12(19)3-4-13(17)20)16-6-1-2-10-14-7-8-15-10/h7-8H,1-6,9H2,(H,14,15)(H,16,18). The lowest BCUT2D eigenvalue weighted by molar-refractivity contribution is -0.138. The molecule has 1 saturated heterocycles. The molecule has 7 heteroatoms. The molecule has 1 aromatic heterocycles. The summed E-state index contributed by atoms with van der Waals surface area (Å²) in [5.41, 5.74) is 0. The summed E-state index contributed by atoms with van der Waals surface area (Å²) in [6.45, 7) is 0.739. The van der Waals surface area contributed by atoms with Gasteiger partial charge in [0.25, 0.3) is 0 Å². The summed E-state index contributed by atoms with van der Waals surface area (Å²) in [6.07, 6.45) is 5.72. The number of nitrogens with zero attached hydrogens (tertiary/aromatic N) is 2. The van der Waals surface area contributed by atoms with E-state index in [1.165, 1.54) is 4.90 Å². The van der Waals surface area contributed by atoms with E-state index in [-0.39, 0.29) is 43.5 Å². The van der Waals surface area contributed by atoms with Crippen molar-refractivity contribution in [2.24, 2.45) is 0 Å². The molecule has 0 unspecified atom stereocenters. The summed E-state index contributed by atoms with van der Waals surface area (Å²) in [5.74, 6) is 0.394. The number of H-pyrrole nitrogens is 1. The van der Waals surface area contributed by atoms with E-state index in [0.29, 0.717) is 6.54 Å². The molecule has 2 heterocycles. The van der Waals surface area contributed by atoms with Crippen molar-refractivity contribution in [1.29, 1.82) is 0 Å². The van der Waals surface area contributed by atoms with E-state index in [1.807, 2.05) is 0 Å². The van der Waals surface area contributed by atoms with Gasteiger partial charge < -0.3 is 10.3 Å². The van der Waals surface area contributed by atoms with Gasteiger partial charge in [0.2, 0.25) is 17.7 Å². The van der Waals surface area contributed by atoms with Gasteiger partial charge in [0.1, 0.15) is 5.82 Å². The van der Waals surface area contributed by atoms with Crippen LogP contribution in [-0.2, 0) is 20.8 Å². The Kier molecular flexibility index (Phi) is 4.86. The molecule has 0 atom stereocenters. The maximum Gasteiger partial charge on any atom is 0.229 e. The Morgan fingerprint density at radius 3 is 2.75 bits per heavy atom. The Morgan fingerprint density at radius 1 is 1.35 bits per heavy atom. The molecule has 1 fully saturated rings. The summed E-state index contributed by atoms with van der Waals surface area (Å²) in [5, 5.41) is 2.77. The average molecular weight is 278 g/mol. The van der Waals surface area contributed by atoms with E-state index < -0.39 is 0 Å². The van der Waals surface area contributed by atoms with Crippen molar-refractivity contribution >= 4 is 17.7 Å². The van der Waals surface area contributed by atoms with Crippen LogP contribution in [0.25, 0.3) is 0 Å². The van der Waals surface area contributed by atoms with Crippen molar-refractivity contribution in [3.05, 3.63) is 18.2 Å². The second kappa shape index (κ2) is 6.83. The average Bonchev–Trinajstić information content (AvgIpc) is 3.04. The summed E-state index contributed by atoms with van der Waals surface area (Å²) >= 11 is 0. The number of aryl methyl sites for hydroxylation is 1. The van der Waals surface area contributed by atoms with Crippen LogP contribution >= 0.6 is 0 Å². The van der Waals surface area contributed by atoms with Gasteiger partial charge in [0, 0.05) is 51.2 Å². The van der Waals surface area contributed by atoms with Crippen LogP contribution < -0.4 is 5.32 Å². The number of imidazole rings is 1. The smallest absolute Gasteiger partial charge is 0.229 e. The van der Waals surface area contributed by atoms with Crippen LogP contribution in [0.3, 0.4) is 0 Å². The highest BCUT2D eigenvalue weighted by atomic mass is 16.2. The number of hydrogen-bond acceptors (Lipinski definition) is 4. The monoisotopic (exact) mass is 278 g/mol. The first-order valence-corrected chi connectivity index (χ1v) is 6.75. The maximum absolute atomic E-state index is 11.6. The largest absolute Gasteiger partial charge is 0.356 e. The van der Waals surface area contributed by atoms with Crippen LogP contribution in [0.1, 0.15) is 31.5 Å². The predicted molar refractivity (Wildman–Crippen MR) is 70.5 cm³/mol. The fraction of sp³-hybridized carbons (Fsp3) is 0.538. The Bertz CT molecular complexity index is 468. The first-order chi connectivity index (χ1) is 9.66. The van der Waals surface area contributed by atoms with Gasteiger partial charge in [-0.2, -0.15) is 0 Å². The second-order valence-corrected chi connectivity index (χ2v) is 4.68. The molecule has 1 aliphatic rings. The number of imide groups is 1. The van der Waals surface area contributed by atoms with Crippen molar-refractivity contribution in [2.75, 3.05) is 13.1 Å². The molecule has 0 radical (unpaired) electrons. The van der Waals surface area contributed by atoms with Gasteiger partial charge in [-0.05, 0) is 6.42 Å². The number of hydrogen-bond donors (Lipinski definition) is 2. The molecular weight excluding hydrogens is 260 g/mol. The van der Waals surface area contributed by atoms with Gasteiger partial charge in [-0.1, -0.05) is 0 Å². The minimum absolute atomic E-state index is 0.142. The molecule has 0 aromatic carbocycles. The molecule has 108 valence electrons. The number of carbonyl (C=O) groups is 3. The minimum atomic E-state index is -0.180. The van der Waals surface area contributed by atoms with Gasteiger partial charge >= 0.3 is 0 Å². The van der Waals surface area contributed by atoms with E-state index in [2.05, 4.69) is 15.3 Å². The van der Waals surface area contributed by atoms with Crippen LogP contribution in [0.4, 0.5) is 0 Å². The third-order valence-electron chi connectivity index (χ3n) is 3.18. The van der Waals surface area contributed by atoms with Gasteiger partial charge in [0.05, 0.1) is 0 Å². The van der Waals surface area contributed by atoms with Crippen molar-refractivity contribution in [3.63, 3.8) is 0 Å². The van der Waals surface area contributed by atoms with E-state index in [9.17, 15) is 14.4 Å². The van der Waals surface area contributed by atoms with Crippen molar-refractivity contribution in [1.82, 2.24) is 20.2 Å². The van der Waals surface area contributed by atoms with Gasteiger partial charge in [0.15, 0.2) is 0 Å². The van der Waals surface area contributed by atoms with Crippen LogP contribution in [0.2, 0.25) is 0 Å². The highest BCUT2D eigenvalue weighted by Crippen LogP contribution is 2.11. The molecule has 7 nitrogen and oxygen atoms in total. The molecule has 1 aromatic rings. The number of rotatable bonds is 7. The van der Waals surface area contributed by atoms with E-state index in [4.69, 9.17) is 0 Å². The summed E-state index contributed by atoms with van der Waals surface area (Å²) in [6, 6.07) is 0. The first kappa shape index (κ1) is 14.2. The van der Waals surface area contributed by atoms with E-state index in [0.717, 1.165) is 18.7 Å². The number of amides is 3. The normalized spacial score (nSPS) is 14.9. The van der Waals surface area contributed by atoms with Crippen molar-refractivity contribution < 1.29 is 14.4 Å². The van der Waals surface area contributed by atoms with Crippen LogP contribution in [0, 0.1) is 0 Å². The van der Waals surface area contributed by atoms with Gasteiger partial charge in [-0.3, -0.25) is 19.3 Å². The maximum atomic E-state index is 11.6. The number of aromatic amines is 1. The first-order valence-electron chi connectivity index (χ1n) is 6.75. The quantitative estimate of drug-likeness (QED) is 0.542. The SMILES string of the molecule is O=C(CCN1C(=O)CCC1=O)NCCCc1ncc[nH]1. The Balaban J connectivity index is 1.58. The van der Waals surface area contributed by atoms with Crippen molar-refractivity contribution in [2.45, 2.75) is 32.1 Å². The molecule has 0 aliphatic carbocycles. The van der Waals surface area contributed by atoms with E-state index >= 15 is 0 Å². The molecule has 2 rings (SSSR count). The summed E-state index contributed by atoms with van der Waals surface area (Å²) in [4.78, 5) is 42.5. The Labute approximate surface area is 116 Å². The Morgan fingerprint density at radius 2 is 2.10 bits per heavy atom. The molecule has 3 amide bonds. The highest BCUT2D eigenvalue weighted by Gasteiger charge is 2.28. The fourth-order valence-electron chi connectivity index (χ4n) is 2.09. The topological polar surface area (TPSA) is 95.2 Å². The number of likely N-dealkylation sites (tertiary alicyclic amines) is 1. The third-order valence-corrected chi connectivity index (χ3v) is 3.18. The zero-order valence-electron chi connectivity index (χ0n) is 11.2. The third kappa shape index (κ3) is 3.91. The van der Waals surface area contributed by atoms with Gasteiger partial charge in [-0.15, -0.1) is 0 Å². The number of nitrogens with one attached hydrogen (secondary N) is 2. The molecule has 0 spiro atoms. The summed E-state index contributed by atoms with van der Waals surface area (Å²) < 4.78 is 0. The molecule has 2 N–H and O–H groups in total.